The van der Waals surface area contributed by atoms with E-state index >= 15 is 0 Å². The monoisotopic (exact) mass is 411 g/mol. The number of nitrogens with one attached hydrogen (secondary N) is 1. The molecule has 0 atom stereocenters. The van der Waals surface area contributed by atoms with Crippen molar-refractivity contribution in [1.29, 1.82) is 0 Å². The number of fused-ring (bicyclic) bond motifs is 4. The molecule has 0 aliphatic carbocycles. The van der Waals surface area contributed by atoms with Crippen LogP contribution in [-0.2, 0) is 6.54 Å². The van der Waals surface area contributed by atoms with Crippen LogP contribution in [0.1, 0.15) is 13.8 Å². The summed E-state index contributed by atoms with van der Waals surface area (Å²) in [4.78, 5) is 32.3. The molecule has 5 nitrogen and oxygen atoms in total. The Bertz CT molecular complexity index is 1560. The molecule has 31 heavy (non-hydrogen) atoms. The van der Waals surface area contributed by atoms with Gasteiger partial charge < -0.3 is 14.5 Å². The summed E-state index contributed by atoms with van der Waals surface area (Å²) in [6.45, 7) is 7.88. The number of hydrogen-bond acceptors (Lipinski definition) is 3. The van der Waals surface area contributed by atoms with Gasteiger partial charge in [0.25, 0.3) is 0 Å². The largest absolute Gasteiger partial charge is 0.354 e. The summed E-state index contributed by atoms with van der Waals surface area (Å²) in [6.07, 6.45) is 0. The number of nitrogens with zero attached hydrogens (tertiary/aromatic N) is 2. The van der Waals surface area contributed by atoms with Gasteiger partial charge in [0, 0.05) is 40.2 Å². The third-order valence-corrected chi connectivity index (χ3v) is 6.33. The van der Waals surface area contributed by atoms with Gasteiger partial charge in [-0.05, 0) is 49.5 Å². The van der Waals surface area contributed by atoms with E-state index in [9.17, 15) is 9.59 Å². The van der Waals surface area contributed by atoms with Crippen LogP contribution in [0.5, 0.6) is 0 Å². The van der Waals surface area contributed by atoms with Gasteiger partial charge in [-0.25, -0.2) is 0 Å². The fraction of sp³-hybridized carbons (Fsp3) is 0.231. The Balaban J connectivity index is 1.88. The van der Waals surface area contributed by atoms with Crippen molar-refractivity contribution in [3.05, 3.63) is 81.1 Å². The Hall–Kier alpha value is -3.44. The third-order valence-electron chi connectivity index (χ3n) is 6.33. The molecule has 156 valence electrons. The van der Waals surface area contributed by atoms with Gasteiger partial charge in [0.15, 0.2) is 10.9 Å². The lowest BCUT2D eigenvalue weighted by molar-refractivity contribution is 0.293. The predicted molar refractivity (Wildman–Crippen MR) is 129 cm³/mol. The quantitative estimate of drug-likeness (QED) is 0.434. The van der Waals surface area contributed by atoms with Crippen LogP contribution in [0.2, 0.25) is 0 Å². The van der Waals surface area contributed by atoms with Gasteiger partial charge in [0.2, 0.25) is 0 Å². The molecule has 5 heteroatoms. The number of benzene rings is 3. The van der Waals surface area contributed by atoms with Crippen LogP contribution < -0.4 is 10.9 Å². The zero-order chi connectivity index (χ0) is 21.5. The van der Waals surface area contributed by atoms with Gasteiger partial charge in [-0.1, -0.05) is 38.1 Å². The Kier molecular flexibility index (Phi) is 4.83. The van der Waals surface area contributed by atoms with Gasteiger partial charge in [-0.2, -0.15) is 0 Å². The van der Waals surface area contributed by atoms with E-state index in [0.717, 1.165) is 42.7 Å². The van der Waals surface area contributed by atoms with Gasteiger partial charge >= 0.3 is 0 Å². The molecule has 0 saturated heterocycles. The first-order valence-corrected chi connectivity index (χ1v) is 10.8. The predicted octanol–water partition coefficient (Wildman–Crippen LogP) is 4.49. The Morgan fingerprint density at radius 3 is 2.19 bits per heavy atom. The molecule has 1 N–H and O–H groups in total. The van der Waals surface area contributed by atoms with E-state index in [1.165, 1.54) is 0 Å². The van der Waals surface area contributed by atoms with Crippen molar-refractivity contribution in [2.75, 3.05) is 19.6 Å². The van der Waals surface area contributed by atoms with Crippen molar-refractivity contribution >= 4 is 43.6 Å². The zero-order valence-electron chi connectivity index (χ0n) is 17.8. The number of hydrogen-bond donors (Lipinski definition) is 1. The average molecular weight is 412 g/mol. The highest BCUT2D eigenvalue weighted by Crippen LogP contribution is 2.24. The van der Waals surface area contributed by atoms with Crippen LogP contribution in [0, 0.1) is 0 Å². The van der Waals surface area contributed by atoms with E-state index in [1.807, 2.05) is 60.7 Å². The summed E-state index contributed by atoms with van der Waals surface area (Å²) in [5.74, 6) is 0. The van der Waals surface area contributed by atoms with Crippen molar-refractivity contribution in [2.24, 2.45) is 0 Å². The van der Waals surface area contributed by atoms with Crippen LogP contribution >= 0.6 is 0 Å². The standard InChI is InChI=1S/C26H25N3O2/c1-3-28(4-2)13-14-29-23-12-8-6-10-18(23)26(31)20-15-22-19(16-24(20)29)25(30)17-9-5-7-11-21(17)27-22/h5-12,15-16H,3-4,13-14H2,1-2H3,(H,27,30). The van der Waals surface area contributed by atoms with Crippen molar-refractivity contribution in [3.8, 4) is 0 Å². The molecule has 0 fully saturated rings. The summed E-state index contributed by atoms with van der Waals surface area (Å²) < 4.78 is 2.19. The number of likely N-dealkylation sites (N-methyl/N-ethyl adjacent to an activating group) is 1. The Morgan fingerprint density at radius 1 is 0.742 bits per heavy atom. The Labute approximate surface area is 179 Å². The first-order chi connectivity index (χ1) is 15.1. The number of H-pyrrole nitrogens is 1. The van der Waals surface area contributed by atoms with Crippen LogP contribution in [0.25, 0.3) is 43.6 Å². The topological polar surface area (TPSA) is 58.1 Å². The number of aromatic amines is 1. The lowest BCUT2D eigenvalue weighted by atomic mass is 10.0. The average Bonchev–Trinajstić information content (AvgIpc) is 2.81. The molecule has 0 bridgehead atoms. The summed E-state index contributed by atoms with van der Waals surface area (Å²) >= 11 is 0. The van der Waals surface area contributed by atoms with Crippen molar-refractivity contribution in [2.45, 2.75) is 20.4 Å². The maximum Gasteiger partial charge on any atom is 0.197 e. The normalized spacial score (nSPS) is 12.0. The molecule has 0 aliphatic heterocycles. The van der Waals surface area contributed by atoms with E-state index in [1.54, 1.807) is 0 Å². The first-order valence-electron chi connectivity index (χ1n) is 10.8. The lowest BCUT2D eigenvalue weighted by Gasteiger charge is -2.21. The highest BCUT2D eigenvalue weighted by Gasteiger charge is 2.14. The molecule has 5 rings (SSSR count). The van der Waals surface area contributed by atoms with E-state index in [0.29, 0.717) is 27.1 Å². The number of pyridine rings is 2. The fourth-order valence-electron chi connectivity index (χ4n) is 4.56. The van der Waals surface area contributed by atoms with Crippen LogP contribution in [0.3, 0.4) is 0 Å². The van der Waals surface area contributed by atoms with Crippen LogP contribution in [0.15, 0.2) is 70.3 Å². The number of rotatable bonds is 5. The van der Waals surface area contributed by atoms with E-state index < -0.39 is 0 Å². The third kappa shape index (κ3) is 3.13. The highest BCUT2D eigenvalue weighted by atomic mass is 16.1. The van der Waals surface area contributed by atoms with Crippen molar-refractivity contribution in [1.82, 2.24) is 14.5 Å². The number of aromatic nitrogens is 2. The second kappa shape index (κ2) is 7.67. The van der Waals surface area contributed by atoms with Crippen molar-refractivity contribution in [3.63, 3.8) is 0 Å². The minimum atomic E-state index is -0.0119. The summed E-state index contributed by atoms with van der Waals surface area (Å²) in [6, 6.07) is 19.0. The molecular formula is C26H25N3O2. The van der Waals surface area contributed by atoms with Crippen molar-refractivity contribution < 1.29 is 0 Å². The highest BCUT2D eigenvalue weighted by molar-refractivity contribution is 6.03. The van der Waals surface area contributed by atoms with E-state index in [-0.39, 0.29) is 10.9 Å². The summed E-state index contributed by atoms with van der Waals surface area (Å²) in [5, 5.41) is 2.61. The van der Waals surface area contributed by atoms with E-state index in [2.05, 4.69) is 28.3 Å². The van der Waals surface area contributed by atoms with Gasteiger partial charge in [0.1, 0.15) is 0 Å². The first kappa shape index (κ1) is 19.5. The second-order valence-electron chi connectivity index (χ2n) is 7.94. The molecule has 0 radical (unpaired) electrons. The minimum Gasteiger partial charge on any atom is -0.354 e. The number of para-hydroxylation sites is 2. The molecule has 0 aliphatic rings. The molecular weight excluding hydrogens is 386 g/mol. The fourth-order valence-corrected chi connectivity index (χ4v) is 4.56. The smallest absolute Gasteiger partial charge is 0.197 e. The zero-order valence-corrected chi connectivity index (χ0v) is 17.8. The van der Waals surface area contributed by atoms with Gasteiger partial charge in [-0.3, -0.25) is 9.59 Å². The molecule has 2 heterocycles. The van der Waals surface area contributed by atoms with Gasteiger partial charge in [0.05, 0.1) is 16.6 Å². The molecule has 0 amide bonds. The van der Waals surface area contributed by atoms with Gasteiger partial charge in [-0.15, -0.1) is 0 Å². The summed E-state index contributed by atoms with van der Waals surface area (Å²) in [5.41, 5.74) is 3.18. The van der Waals surface area contributed by atoms with E-state index in [4.69, 9.17) is 0 Å². The molecule has 5 aromatic rings. The minimum absolute atomic E-state index is 0.000553. The van der Waals surface area contributed by atoms with Crippen LogP contribution in [0.4, 0.5) is 0 Å². The molecule has 0 saturated carbocycles. The maximum absolute atomic E-state index is 13.4. The maximum atomic E-state index is 13.4. The lowest BCUT2D eigenvalue weighted by Crippen LogP contribution is -2.27. The molecule has 0 unspecified atom stereocenters. The second-order valence-corrected chi connectivity index (χ2v) is 7.94. The SMILES string of the molecule is CCN(CC)CCn1c2ccccc2c(=O)c2cc3[nH]c4ccccc4c(=O)c3cc21. The molecule has 3 aromatic carbocycles. The van der Waals surface area contributed by atoms with Crippen LogP contribution in [-0.4, -0.2) is 34.1 Å². The Morgan fingerprint density at radius 2 is 1.42 bits per heavy atom. The molecule has 2 aromatic heterocycles. The molecule has 0 spiro atoms. The summed E-state index contributed by atoms with van der Waals surface area (Å²) in [7, 11) is 0.